The third-order valence-electron chi connectivity index (χ3n) is 4.58. The number of nitrogens with one attached hydrogen (secondary N) is 2. The zero-order valence-electron chi connectivity index (χ0n) is 15.5. The number of ether oxygens (including phenoxy) is 2. The summed E-state index contributed by atoms with van der Waals surface area (Å²) >= 11 is 0. The summed E-state index contributed by atoms with van der Waals surface area (Å²) in [5, 5.41) is 0.524. The van der Waals surface area contributed by atoms with Gasteiger partial charge in [0, 0.05) is 6.54 Å². The predicted octanol–water partition coefficient (Wildman–Crippen LogP) is 2.09. The number of hydrogen-bond acceptors (Lipinski definition) is 6. The van der Waals surface area contributed by atoms with Gasteiger partial charge in [-0.1, -0.05) is 24.3 Å². The van der Waals surface area contributed by atoms with Gasteiger partial charge >= 0.3 is 0 Å². The summed E-state index contributed by atoms with van der Waals surface area (Å²) in [5.41, 5.74) is 5.71. The molecule has 8 heteroatoms. The van der Waals surface area contributed by atoms with Gasteiger partial charge in [0.15, 0.2) is 11.5 Å². The van der Waals surface area contributed by atoms with E-state index in [2.05, 4.69) is 15.8 Å². The van der Waals surface area contributed by atoms with Gasteiger partial charge in [-0.3, -0.25) is 25.0 Å². The number of para-hydroxylation sites is 3. The molecule has 1 aliphatic rings. The molecule has 2 atom stereocenters. The first-order valence-electron chi connectivity index (χ1n) is 9.06. The van der Waals surface area contributed by atoms with Crippen LogP contribution >= 0.6 is 0 Å². The molecule has 0 fully saturated rings. The number of nitrogens with zero attached hydrogens (tertiary/aromatic N) is 2. The lowest BCUT2D eigenvalue weighted by atomic mass is 10.1. The molecule has 0 bridgehead atoms. The lowest BCUT2D eigenvalue weighted by molar-refractivity contribution is -0.132. The molecule has 0 aliphatic carbocycles. The molecule has 0 unspecified atom stereocenters. The van der Waals surface area contributed by atoms with Crippen LogP contribution in [-0.2, 0) is 11.3 Å². The maximum Gasteiger partial charge on any atom is 0.283 e. The first-order chi connectivity index (χ1) is 13.6. The second kappa shape index (κ2) is 7.22. The molecule has 2 heterocycles. The van der Waals surface area contributed by atoms with Gasteiger partial charge in [0.2, 0.25) is 12.1 Å². The second-order valence-corrected chi connectivity index (χ2v) is 6.42. The molecule has 8 nitrogen and oxygen atoms in total. The molecule has 3 aromatic rings. The highest BCUT2D eigenvalue weighted by Gasteiger charge is 2.34. The molecule has 1 aromatic heterocycles. The van der Waals surface area contributed by atoms with Crippen molar-refractivity contribution in [2.24, 2.45) is 0 Å². The summed E-state index contributed by atoms with van der Waals surface area (Å²) in [4.78, 5) is 29.7. The van der Waals surface area contributed by atoms with E-state index >= 15 is 0 Å². The summed E-state index contributed by atoms with van der Waals surface area (Å²) in [6.07, 6.45) is -1.32. The number of benzene rings is 2. The van der Waals surface area contributed by atoms with E-state index in [4.69, 9.17) is 9.47 Å². The molecule has 0 radical (unpaired) electrons. The SMILES string of the molecule is CCn1c(NNC(=O)[C@@H]2Oc3ccccc3O[C@@H]2C)nc2ccccc2c1=O. The standard InChI is InChI=1S/C20H20N4O4/c1-3-24-19(26)13-8-4-5-9-14(13)21-20(24)23-22-18(25)17-12(2)27-15-10-6-7-11-16(15)28-17/h4-12,17H,3H2,1-2H3,(H,21,23)(H,22,25)/t12-,17-/m1/s1. The number of fused-ring (bicyclic) bond motifs is 2. The Bertz CT molecular complexity index is 1100. The Morgan fingerprint density at radius 2 is 1.79 bits per heavy atom. The highest BCUT2D eigenvalue weighted by molar-refractivity contribution is 5.83. The van der Waals surface area contributed by atoms with E-state index < -0.39 is 18.1 Å². The quantitative estimate of drug-likeness (QED) is 0.673. The Kier molecular flexibility index (Phi) is 4.60. The molecule has 0 saturated heterocycles. The maximum absolute atomic E-state index is 12.6. The minimum absolute atomic E-state index is 0.176. The van der Waals surface area contributed by atoms with Gasteiger partial charge < -0.3 is 9.47 Å². The van der Waals surface area contributed by atoms with Crippen molar-refractivity contribution in [2.45, 2.75) is 32.6 Å². The predicted molar refractivity (Wildman–Crippen MR) is 104 cm³/mol. The molecule has 4 rings (SSSR count). The molecular weight excluding hydrogens is 360 g/mol. The van der Waals surface area contributed by atoms with E-state index in [-0.39, 0.29) is 11.5 Å². The van der Waals surface area contributed by atoms with Crippen molar-refractivity contribution in [1.82, 2.24) is 15.0 Å². The minimum Gasteiger partial charge on any atom is -0.482 e. The molecular formula is C20H20N4O4. The monoisotopic (exact) mass is 380 g/mol. The normalized spacial score (nSPS) is 17.9. The van der Waals surface area contributed by atoms with E-state index in [1.54, 1.807) is 43.3 Å². The molecule has 1 amide bonds. The molecule has 2 N–H and O–H groups in total. The summed E-state index contributed by atoms with van der Waals surface area (Å²) in [7, 11) is 0. The van der Waals surface area contributed by atoms with Crippen molar-refractivity contribution in [3.05, 3.63) is 58.9 Å². The first kappa shape index (κ1) is 17.8. The Labute approximate surface area is 161 Å². The fourth-order valence-electron chi connectivity index (χ4n) is 3.15. The van der Waals surface area contributed by atoms with Gasteiger partial charge in [-0.25, -0.2) is 4.98 Å². The zero-order chi connectivity index (χ0) is 19.7. The van der Waals surface area contributed by atoms with Crippen LogP contribution in [-0.4, -0.2) is 27.7 Å². The summed E-state index contributed by atoms with van der Waals surface area (Å²) in [5.74, 6) is 0.939. The largest absolute Gasteiger partial charge is 0.482 e. The Balaban J connectivity index is 1.55. The van der Waals surface area contributed by atoms with E-state index in [0.29, 0.717) is 28.9 Å². The molecule has 0 spiro atoms. The van der Waals surface area contributed by atoms with Gasteiger partial charge in [-0.15, -0.1) is 0 Å². The van der Waals surface area contributed by atoms with Crippen molar-refractivity contribution in [3.63, 3.8) is 0 Å². The van der Waals surface area contributed by atoms with Crippen LogP contribution in [0, 0.1) is 0 Å². The van der Waals surface area contributed by atoms with Crippen molar-refractivity contribution < 1.29 is 14.3 Å². The second-order valence-electron chi connectivity index (χ2n) is 6.42. The third kappa shape index (κ3) is 3.13. The topological polar surface area (TPSA) is 94.5 Å². The lowest BCUT2D eigenvalue weighted by Crippen LogP contribution is -2.50. The third-order valence-corrected chi connectivity index (χ3v) is 4.58. The number of amides is 1. The van der Waals surface area contributed by atoms with E-state index in [9.17, 15) is 9.59 Å². The maximum atomic E-state index is 12.6. The van der Waals surface area contributed by atoms with Gasteiger partial charge in [0.25, 0.3) is 11.5 Å². The number of aromatic nitrogens is 2. The zero-order valence-corrected chi connectivity index (χ0v) is 15.5. The Morgan fingerprint density at radius 3 is 2.54 bits per heavy atom. The van der Waals surface area contributed by atoms with Crippen LogP contribution in [0.4, 0.5) is 5.95 Å². The summed E-state index contributed by atoms with van der Waals surface area (Å²) in [6.45, 7) is 4.00. The minimum atomic E-state index is -0.843. The number of hydrazine groups is 1. The first-order valence-corrected chi connectivity index (χ1v) is 9.06. The van der Waals surface area contributed by atoms with E-state index in [1.807, 2.05) is 19.1 Å². The molecule has 28 heavy (non-hydrogen) atoms. The molecule has 0 saturated carbocycles. The average molecular weight is 380 g/mol. The van der Waals surface area contributed by atoms with Gasteiger partial charge in [-0.2, -0.15) is 0 Å². The fourth-order valence-corrected chi connectivity index (χ4v) is 3.15. The number of anilines is 1. The highest BCUT2D eigenvalue weighted by Crippen LogP contribution is 2.33. The molecule has 144 valence electrons. The van der Waals surface area contributed by atoms with Gasteiger partial charge in [0.1, 0.15) is 6.10 Å². The number of hydrogen-bond donors (Lipinski definition) is 2. The molecule has 1 aliphatic heterocycles. The summed E-state index contributed by atoms with van der Waals surface area (Å²) < 4.78 is 13.0. The summed E-state index contributed by atoms with van der Waals surface area (Å²) in [6, 6.07) is 14.3. The van der Waals surface area contributed by atoms with Crippen LogP contribution in [0.25, 0.3) is 10.9 Å². The van der Waals surface area contributed by atoms with Crippen LogP contribution in [0.1, 0.15) is 13.8 Å². The smallest absolute Gasteiger partial charge is 0.283 e. The van der Waals surface area contributed by atoms with Crippen molar-refractivity contribution in [2.75, 3.05) is 5.43 Å². The van der Waals surface area contributed by atoms with Crippen LogP contribution < -0.4 is 25.9 Å². The van der Waals surface area contributed by atoms with Crippen LogP contribution in [0.5, 0.6) is 11.5 Å². The number of carbonyl (C=O) groups excluding carboxylic acids is 1. The van der Waals surface area contributed by atoms with E-state index in [1.165, 1.54) is 4.57 Å². The van der Waals surface area contributed by atoms with Crippen LogP contribution in [0.15, 0.2) is 53.3 Å². The van der Waals surface area contributed by atoms with Crippen molar-refractivity contribution in [1.29, 1.82) is 0 Å². The van der Waals surface area contributed by atoms with Crippen molar-refractivity contribution >= 4 is 22.8 Å². The Hall–Kier alpha value is -3.55. The fraction of sp³-hybridized carbons (Fsp3) is 0.250. The Morgan fingerprint density at radius 1 is 1.11 bits per heavy atom. The van der Waals surface area contributed by atoms with E-state index in [0.717, 1.165) is 0 Å². The highest BCUT2D eigenvalue weighted by atomic mass is 16.6. The van der Waals surface area contributed by atoms with Gasteiger partial charge in [0.05, 0.1) is 10.9 Å². The van der Waals surface area contributed by atoms with Crippen LogP contribution in [0.3, 0.4) is 0 Å². The number of rotatable bonds is 4. The van der Waals surface area contributed by atoms with Crippen molar-refractivity contribution in [3.8, 4) is 11.5 Å². The lowest BCUT2D eigenvalue weighted by Gasteiger charge is -2.31. The molecule has 2 aromatic carbocycles. The van der Waals surface area contributed by atoms with Crippen LogP contribution in [0.2, 0.25) is 0 Å². The number of carbonyl (C=O) groups is 1. The average Bonchev–Trinajstić information content (AvgIpc) is 2.71. The van der Waals surface area contributed by atoms with Gasteiger partial charge in [-0.05, 0) is 38.1 Å².